The molecular formula is C27H42ClN7O3. The monoisotopic (exact) mass is 547 g/mol. The van der Waals surface area contributed by atoms with Gasteiger partial charge < -0.3 is 31.7 Å². The van der Waals surface area contributed by atoms with Crippen molar-refractivity contribution in [3.63, 3.8) is 0 Å². The van der Waals surface area contributed by atoms with Gasteiger partial charge in [0.15, 0.2) is 22.5 Å². The summed E-state index contributed by atoms with van der Waals surface area (Å²) >= 11 is 5.75. The van der Waals surface area contributed by atoms with Crippen LogP contribution in [0.3, 0.4) is 0 Å². The number of piperidine rings is 1. The second-order valence-electron chi connectivity index (χ2n) is 10.4. The number of rotatable bonds is 7. The topological polar surface area (TPSA) is 148 Å². The molecule has 0 spiro atoms. The molecular weight excluding hydrogens is 506 g/mol. The Hall–Kier alpha value is -3.11. The molecule has 0 atom stereocenters. The zero-order valence-electron chi connectivity index (χ0n) is 23.1. The molecule has 2 heterocycles. The van der Waals surface area contributed by atoms with Crippen LogP contribution in [0.4, 0.5) is 16.4 Å². The van der Waals surface area contributed by atoms with Crippen LogP contribution in [-0.4, -0.2) is 65.7 Å². The number of amides is 2. The molecule has 1 fully saturated rings. The van der Waals surface area contributed by atoms with Crippen molar-refractivity contribution < 1.29 is 14.3 Å². The van der Waals surface area contributed by atoms with Gasteiger partial charge in [0.2, 0.25) is 0 Å². The lowest BCUT2D eigenvalue weighted by Gasteiger charge is -2.33. The lowest BCUT2D eigenvalue weighted by molar-refractivity contribution is 0.0184. The van der Waals surface area contributed by atoms with Gasteiger partial charge in [0.25, 0.3) is 5.91 Å². The van der Waals surface area contributed by atoms with E-state index in [0.29, 0.717) is 12.5 Å². The van der Waals surface area contributed by atoms with Crippen molar-refractivity contribution >= 4 is 35.2 Å². The molecule has 6 N–H and O–H groups in total. The van der Waals surface area contributed by atoms with E-state index in [2.05, 4.69) is 39.7 Å². The fraction of sp³-hybridized carbons (Fsp3) is 0.556. The van der Waals surface area contributed by atoms with Gasteiger partial charge >= 0.3 is 6.09 Å². The van der Waals surface area contributed by atoms with Crippen LogP contribution in [0.15, 0.2) is 24.3 Å². The molecule has 1 saturated heterocycles. The summed E-state index contributed by atoms with van der Waals surface area (Å²) in [4.78, 5) is 33.2. The molecule has 2 aromatic rings. The van der Waals surface area contributed by atoms with Gasteiger partial charge in [-0.05, 0) is 84.0 Å². The summed E-state index contributed by atoms with van der Waals surface area (Å²) in [6.07, 6.45) is 3.67. The maximum atomic E-state index is 12.0. The van der Waals surface area contributed by atoms with Gasteiger partial charge in [0.1, 0.15) is 5.60 Å². The number of hydrogen-bond acceptors (Lipinski definition) is 8. The Bertz CT molecular complexity index is 1070. The maximum absolute atomic E-state index is 12.0. The molecule has 0 unspecified atom stereocenters. The Labute approximate surface area is 230 Å². The van der Waals surface area contributed by atoms with Crippen LogP contribution in [0.1, 0.15) is 61.6 Å². The number of carbonyl (C=O) groups is 2. The van der Waals surface area contributed by atoms with Crippen molar-refractivity contribution in [3.05, 3.63) is 46.2 Å². The Morgan fingerprint density at radius 2 is 1.79 bits per heavy atom. The fourth-order valence-electron chi connectivity index (χ4n) is 4.00. The number of carbonyl (C=O) groups excluding carboxylic acids is 2. The number of nitrogen functional groups attached to an aromatic ring is 2. The van der Waals surface area contributed by atoms with Crippen molar-refractivity contribution in [1.82, 2.24) is 25.5 Å². The summed E-state index contributed by atoms with van der Waals surface area (Å²) < 4.78 is 5.34. The molecule has 210 valence electrons. The third-order valence-corrected chi connectivity index (χ3v) is 6.33. The third kappa shape index (κ3) is 10.3. The normalized spacial score (nSPS) is 13.9. The average Bonchev–Trinajstić information content (AvgIpc) is 2.85. The lowest BCUT2D eigenvalue weighted by atomic mass is 9.97. The number of likely N-dealkylation sites (tertiary alicyclic amines) is 1. The molecule has 3 rings (SSSR count). The first-order valence-electron chi connectivity index (χ1n) is 12.9. The highest BCUT2D eigenvalue weighted by molar-refractivity contribution is 6.31. The first-order chi connectivity index (χ1) is 17.9. The maximum Gasteiger partial charge on any atom is 0.410 e. The fourth-order valence-corrected chi connectivity index (χ4v) is 4.13. The van der Waals surface area contributed by atoms with E-state index in [1.54, 1.807) is 0 Å². The van der Waals surface area contributed by atoms with Crippen LogP contribution in [0.25, 0.3) is 0 Å². The minimum Gasteiger partial charge on any atom is -0.444 e. The number of anilines is 2. The first-order valence-corrected chi connectivity index (χ1v) is 13.3. The summed E-state index contributed by atoms with van der Waals surface area (Å²) in [5.74, 6) is 0.272. The highest BCUT2D eigenvalue weighted by Crippen LogP contribution is 2.19. The largest absolute Gasteiger partial charge is 0.444 e. The van der Waals surface area contributed by atoms with Crippen molar-refractivity contribution in [1.29, 1.82) is 0 Å². The summed E-state index contributed by atoms with van der Waals surface area (Å²) in [6.45, 7) is 11.0. The number of benzene rings is 1. The van der Waals surface area contributed by atoms with Crippen molar-refractivity contribution in [2.45, 2.75) is 59.0 Å². The van der Waals surface area contributed by atoms with Gasteiger partial charge in [-0.3, -0.25) is 4.79 Å². The smallest absolute Gasteiger partial charge is 0.410 e. The van der Waals surface area contributed by atoms with Gasteiger partial charge in [-0.2, -0.15) is 0 Å². The third-order valence-electron chi connectivity index (χ3n) is 6.05. The molecule has 10 nitrogen and oxygen atoms in total. The SMILES string of the molecule is CNCC1CCN(C(=O)OC(C)(C)C)CC1.Cc1ccccc1CCCNC(=O)c1nc(Cl)c(N)nc1N. The minimum absolute atomic E-state index is 0.00454. The summed E-state index contributed by atoms with van der Waals surface area (Å²) in [5, 5.41) is 5.91. The molecule has 2 amide bonds. The molecule has 0 radical (unpaired) electrons. The molecule has 11 heteroatoms. The predicted molar refractivity (Wildman–Crippen MR) is 152 cm³/mol. The van der Waals surface area contributed by atoms with Crippen molar-refractivity contribution in [3.8, 4) is 0 Å². The molecule has 0 aliphatic carbocycles. The van der Waals surface area contributed by atoms with Crippen LogP contribution < -0.4 is 22.1 Å². The number of nitrogens with one attached hydrogen (secondary N) is 2. The number of aryl methyl sites for hydroxylation is 2. The molecule has 0 saturated carbocycles. The van der Waals surface area contributed by atoms with E-state index in [-0.39, 0.29) is 34.2 Å². The number of hydrogen-bond donors (Lipinski definition) is 4. The van der Waals surface area contributed by atoms with Crippen LogP contribution in [-0.2, 0) is 11.2 Å². The minimum atomic E-state index is -0.406. The van der Waals surface area contributed by atoms with Gasteiger partial charge in [0.05, 0.1) is 0 Å². The first kappa shape index (κ1) is 31.1. The molecule has 0 bridgehead atoms. The van der Waals surface area contributed by atoms with E-state index in [4.69, 9.17) is 27.8 Å². The number of halogens is 1. The van der Waals surface area contributed by atoms with Gasteiger partial charge in [0, 0.05) is 19.6 Å². The standard InChI is InChI=1S/C15H18ClN5O.C12H24N2O2/c1-9-5-2-3-6-10(9)7-4-8-19-15(22)11-13(17)21-14(18)12(16)20-11;1-12(2,3)16-11(15)14-7-5-10(6-8-14)9-13-4/h2-3,5-6H,4,7-8H2,1H3,(H,19,22)(H4,17,18,21);10,13H,5-9H2,1-4H3. The number of nitrogens with two attached hydrogens (primary N) is 2. The number of ether oxygens (including phenoxy) is 1. The van der Waals surface area contributed by atoms with E-state index in [0.717, 1.165) is 45.3 Å². The van der Waals surface area contributed by atoms with E-state index in [1.165, 1.54) is 11.1 Å². The lowest BCUT2D eigenvalue weighted by Crippen LogP contribution is -2.43. The molecule has 1 aliphatic heterocycles. The van der Waals surface area contributed by atoms with Crippen molar-refractivity contribution in [2.24, 2.45) is 5.92 Å². The van der Waals surface area contributed by atoms with Crippen molar-refractivity contribution in [2.75, 3.05) is 44.7 Å². The molecule has 1 aliphatic rings. The Morgan fingerprint density at radius 1 is 1.13 bits per heavy atom. The predicted octanol–water partition coefficient (Wildman–Crippen LogP) is 3.82. The summed E-state index contributed by atoms with van der Waals surface area (Å²) in [5.41, 5.74) is 13.2. The zero-order chi connectivity index (χ0) is 28.3. The van der Waals surface area contributed by atoms with E-state index < -0.39 is 5.91 Å². The average molecular weight is 548 g/mol. The van der Waals surface area contributed by atoms with Crippen LogP contribution in [0.2, 0.25) is 5.15 Å². The highest BCUT2D eigenvalue weighted by atomic mass is 35.5. The number of aromatic nitrogens is 2. The number of nitrogens with zero attached hydrogens (tertiary/aromatic N) is 3. The summed E-state index contributed by atoms with van der Waals surface area (Å²) in [6, 6.07) is 8.17. The summed E-state index contributed by atoms with van der Waals surface area (Å²) in [7, 11) is 1.97. The van der Waals surface area contributed by atoms with E-state index in [9.17, 15) is 9.59 Å². The quantitative estimate of drug-likeness (QED) is 0.382. The second kappa shape index (κ2) is 14.7. The van der Waals surface area contributed by atoms with Gasteiger partial charge in [-0.1, -0.05) is 35.9 Å². The Balaban J connectivity index is 0.000000281. The van der Waals surface area contributed by atoms with Crippen LogP contribution >= 0.6 is 11.6 Å². The molecule has 38 heavy (non-hydrogen) atoms. The Morgan fingerprint density at radius 3 is 2.39 bits per heavy atom. The highest BCUT2D eigenvalue weighted by Gasteiger charge is 2.26. The Kier molecular flexibility index (Phi) is 12.1. The van der Waals surface area contributed by atoms with Gasteiger partial charge in [-0.15, -0.1) is 0 Å². The van der Waals surface area contributed by atoms with E-state index in [1.807, 2.05) is 44.9 Å². The van der Waals surface area contributed by atoms with E-state index >= 15 is 0 Å². The zero-order valence-corrected chi connectivity index (χ0v) is 23.9. The second-order valence-corrected chi connectivity index (χ2v) is 10.7. The molecule has 1 aromatic carbocycles. The van der Waals surface area contributed by atoms with Crippen LogP contribution in [0.5, 0.6) is 0 Å². The van der Waals surface area contributed by atoms with Gasteiger partial charge in [-0.25, -0.2) is 14.8 Å². The molecule has 1 aromatic heterocycles. The van der Waals surface area contributed by atoms with Crippen LogP contribution in [0, 0.1) is 12.8 Å².